The molecule has 1 N–H and O–H groups in total. The zero-order valence-corrected chi connectivity index (χ0v) is 11.0. The second-order valence-corrected chi connectivity index (χ2v) is 5.62. The van der Waals surface area contributed by atoms with Crippen LogP contribution in [0.1, 0.15) is 38.7 Å². The summed E-state index contributed by atoms with van der Waals surface area (Å²) in [5.74, 6) is 0.618. The van der Waals surface area contributed by atoms with E-state index < -0.39 is 0 Å². The zero-order valence-electron chi connectivity index (χ0n) is 11.0. The minimum absolute atomic E-state index is 0.333. The zero-order chi connectivity index (χ0) is 13.1. The molecule has 1 aliphatic carbocycles. The molecule has 0 saturated heterocycles. The summed E-state index contributed by atoms with van der Waals surface area (Å²) < 4.78 is 26.5. The normalized spacial score (nSPS) is 28.3. The number of rotatable bonds is 3. The molecule has 1 aromatic carbocycles. The summed E-state index contributed by atoms with van der Waals surface area (Å²) in [6.07, 6.45) is 3.61. The lowest BCUT2D eigenvalue weighted by Crippen LogP contribution is -2.39. The van der Waals surface area contributed by atoms with E-state index in [1.165, 1.54) is 25.0 Å². The third-order valence-electron chi connectivity index (χ3n) is 4.02. The molecule has 3 heteroatoms. The van der Waals surface area contributed by atoms with E-state index in [0.717, 1.165) is 18.4 Å². The Kier molecular flexibility index (Phi) is 4.33. The van der Waals surface area contributed by atoms with Crippen molar-refractivity contribution in [3.05, 3.63) is 35.4 Å². The fourth-order valence-electron chi connectivity index (χ4n) is 2.74. The lowest BCUT2D eigenvalue weighted by Gasteiger charge is -2.33. The molecule has 2 rings (SSSR count). The second-order valence-electron chi connectivity index (χ2n) is 5.62. The summed E-state index contributed by atoms with van der Waals surface area (Å²) in [7, 11) is 0. The molecule has 18 heavy (non-hydrogen) atoms. The fraction of sp³-hybridized carbons (Fsp3) is 0.600. The summed E-state index contributed by atoms with van der Waals surface area (Å²) in [6, 6.07) is 4.04. The number of hydrogen-bond donors (Lipinski definition) is 1. The smallest absolute Gasteiger partial charge is 0.127 e. The minimum Gasteiger partial charge on any atom is -0.310 e. The Morgan fingerprint density at radius 1 is 1.22 bits per heavy atom. The molecule has 0 heterocycles. The lowest BCUT2D eigenvalue weighted by molar-refractivity contribution is 0.227. The van der Waals surface area contributed by atoms with Crippen LogP contribution in [0.15, 0.2) is 18.2 Å². The Labute approximate surface area is 108 Å². The van der Waals surface area contributed by atoms with E-state index in [1.807, 2.05) is 0 Å². The van der Waals surface area contributed by atoms with Crippen molar-refractivity contribution in [2.75, 3.05) is 0 Å². The van der Waals surface area contributed by atoms with Crippen LogP contribution in [0.3, 0.4) is 0 Å². The van der Waals surface area contributed by atoms with Gasteiger partial charge in [-0.25, -0.2) is 8.78 Å². The van der Waals surface area contributed by atoms with Gasteiger partial charge in [-0.15, -0.1) is 0 Å². The van der Waals surface area contributed by atoms with Crippen molar-refractivity contribution in [1.82, 2.24) is 5.32 Å². The summed E-state index contributed by atoms with van der Waals surface area (Å²) in [4.78, 5) is 0. The van der Waals surface area contributed by atoms with Crippen LogP contribution in [0.5, 0.6) is 0 Å². The molecule has 0 spiro atoms. The molecule has 0 bridgehead atoms. The van der Waals surface area contributed by atoms with Crippen molar-refractivity contribution >= 4 is 0 Å². The van der Waals surface area contributed by atoms with Crippen molar-refractivity contribution < 1.29 is 8.78 Å². The Morgan fingerprint density at radius 2 is 2.00 bits per heavy atom. The first kappa shape index (κ1) is 13.5. The van der Waals surface area contributed by atoms with Gasteiger partial charge in [0.25, 0.3) is 0 Å². The maximum absolute atomic E-state index is 13.5. The molecule has 0 aromatic heterocycles. The monoisotopic (exact) mass is 253 g/mol. The standard InChI is InChI=1S/C15H21F2N/c1-10-3-4-11(2)15(7-10)18-9-12-8-13(16)5-6-14(12)17/h5-6,8,10-11,15,18H,3-4,7,9H2,1-2H3. The van der Waals surface area contributed by atoms with Gasteiger partial charge in [-0.1, -0.05) is 20.3 Å². The summed E-state index contributed by atoms with van der Waals surface area (Å²) in [6.45, 7) is 4.89. The van der Waals surface area contributed by atoms with Crippen molar-refractivity contribution in [3.63, 3.8) is 0 Å². The van der Waals surface area contributed by atoms with E-state index in [4.69, 9.17) is 0 Å². The van der Waals surface area contributed by atoms with Crippen molar-refractivity contribution in [2.24, 2.45) is 11.8 Å². The van der Waals surface area contributed by atoms with E-state index in [9.17, 15) is 8.78 Å². The van der Waals surface area contributed by atoms with Crippen LogP contribution in [0, 0.1) is 23.5 Å². The maximum Gasteiger partial charge on any atom is 0.127 e. The van der Waals surface area contributed by atoms with Gasteiger partial charge in [0.05, 0.1) is 0 Å². The second kappa shape index (κ2) is 5.79. The van der Waals surface area contributed by atoms with E-state index >= 15 is 0 Å². The molecule has 1 saturated carbocycles. The molecular weight excluding hydrogens is 232 g/mol. The third kappa shape index (κ3) is 3.29. The highest BCUT2D eigenvalue weighted by atomic mass is 19.1. The van der Waals surface area contributed by atoms with Gasteiger partial charge in [0.2, 0.25) is 0 Å². The maximum atomic E-state index is 13.5. The van der Waals surface area contributed by atoms with Crippen LogP contribution in [0.2, 0.25) is 0 Å². The first-order valence-corrected chi connectivity index (χ1v) is 6.73. The van der Waals surface area contributed by atoms with E-state index in [2.05, 4.69) is 19.2 Å². The fourth-order valence-corrected chi connectivity index (χ4v) is 2.74. The first-order valence-electron chi connectivity index (χ1n) is 6.73. The van der Waals surface area contributed by atoms with Gasteiger partial charge in [0.1, 0.15) is 11.6 Å². The molecule has 0 radical (unpaired) electrons. The number of hydrogen-bond acceptors (Lipinski definition) is 1. The molecule has 3 unspecified atom stereocenters. The van der Waals surface area contributed by atoms with Crippen LogP contribution in [-0.2, 0) is 6.54 Å². The Bertz CT molecular complexity index is 405. The molecule has 0 aliphatic heterocycles. The van der Waals surface area contributed by atoms with Crippen LogP contribution in [0.4, 0.5) is 8.78 Å². The van der Waals surface area contributed by atoms with Gasteiger partial charge in [0.15, 0.2) is 0 Å². The van der Waals surface area contributed by atoms with Gasteiger partial charge in [-0.3, -0.25) is 0 Å². The summed E-state index contributed by atoms with van der Waals surface area (Å²) in [5.41, 5.74) is 0.417. The highest BCUT2D eigenvalue weighted by molar-refractivity contribution is 5.18. The Morgan fingerprint density at radius 3 is 2.78 bits per heavy atom. The number of halogens is 2. The van der Waals surface area contributed by atoms with E-state index in [-0.39, 0.29) is 11.6 Å². The largest absolute Gasteiger partial charge is 0.310 e. The van der Waals surface area contributed by atoms with Crippen LogP contribution < -0.4 is 5.32 Å². The molecule has 1 aromatic rings. The quantitative estimate of drug-likeness (QED) is 0.862. The molecule has 3 atom stereocenters. The van der Waals surface area contributed by atoms with Crippen molar-refractivity contribution in [1.29, 1.82) is 0 Å². The van der Waals surface area contributed by atoms with Gasteiger partial charge in [-0.2, -0.15) is 0 Å². The predicted octanol–water partition coefficient (Wildman–Crippen LogP) is 3.88. The van der Waals surface area contributed by atoms with Crippen LogP contribution in [-0.4, -0.2) is 6.04 Å². The summed E-state index contributed by atoms with van der Waals surface area (Å²) in [5, 5.41) is 3.38. The van der Waals surface area contributed by atoms with Gasteiger partial charge >= 0.3 is 0 Å². The van der Waals surface area contributed by atoms with Gasteiger partial charge in [0, 0.05) is 18.2 Å². The predicted molar refractivity (Wildman–Crippen MR) is 69.2 cm³/mol. The Balaban J connectivity index is 1.96. The highest BCUT2D eigenvalue weighted by Crippen LogP contribution is 2.28. The van der Waals surface area contributed by atoms with Crippen molar-refractivity contribution in [2.45, 2.75) is 45.7 Å². The number of nitrogens with one attached hydrogen (secondary N) is 1. The SMILES string of the molecule is CC1CCC(C)C(NCc2cc(F)ccc2F)C1. The third-order valence-corrected chi connectivity index (χ3v) is 4.02. The number of benzene rings is 1. The average Bonchev–Trinajstić information content (AvgIpc) is 2.34. The van der Waals surface area contributed by atoms with Crippen LogP contribution >= 0.6 is 0 Å². The molecule has 1 fully saturated rings. The minimum atomic E-state index is -0.377. The van der Waals surface area contributed by atoms with Crippen molar-refractivity contribution in [3.8, 4) is 0 Å². The van der Waals surface area contributed by atoms with E-state index in [0.29, 0.717) is 24.1 Å². The van der Waals surface area contributed by atoms with E-state index in [1.54, 1.807) is 0 Å². The van der Waals surface area contributed by atoms with Gasteiger partial charge in [-0.05, 0) is 42.9 Å². The molecule has 100 valence electrons. The first-order chi connectivity index (χ1) is 8.56. The molecule has 1 aliphatic rings. The molecule has 1 nitrogen and oxygen atoms in total. The average molecular weight is 253 g/mol. The van der Waals surface area contributed by atoms with Crippen LogP contribution in [0.25, 0.3) is 0 Å². The topological polar surface area (TPSA) is 12.0 Å². The summed E-state index contributed by atoms with van der Waals surface area (Å²) >= 11 is 0. The highest BCUT2D eigenvalue weighted by Gasteiger charge is 2.25. The lowest BCUT2D eigenvalue weighted by atomic mass is 9.80. The molecule has 0 amide bonds. The van der Waals surface area contributed by atoms with Gasteiger partial charge < -0.3 is 5.32 Å². The Hall–Kier alpha value is -0.960. The molecular formula is C15H21F2N.